The summed E-state index contributed by atoms with van der Waals surface area (Å²) >= 11 is 0. The first-order chi connectivity index (χ1) is 13.7. The van der Waals surface area contributed by atoms with Gasteiger partial charge in [0, 0.05) is 18.5 Å². The second kappa shape index (κ2) is 7.53. The van der Waals surface area contributed by atoms with Crippen LogP contribution in [0, 0.1) is 17.2 Å². The zero-order valence-electron chi connectivity index (χ0n) is 15.3. The molecular formula is C23H18N2O3. The first kappa shape index (κ1) is 17.7. The normalized spacial score (nSPS) is 16.4. The van der Waals surface area contributed by atoms with Gasteiger partial charge in [-0.1, -0.05) is 19.1 Å². The molecule has 1 aromatic heterocycles. The number of carbonyl (C=O) groups is 1. The number of hydrogen-bond donors (Lipinski definition) is 0. The first-order valence-electron chi connectivity index (χ1n) is 9.03. The molecule has 1 unspecified atom stereocenters. The number of Topliss-reactive ketones (excluding diaryl/α,β-unsaturated/α-hetero) is 1. The molecule has 2 aromatic carbocycles. The van der Waals surface area contributed by atoms with E-state index in [1.165, 1.54) is 0 Å². The van der Waals surface area contributed by atoms with E-state index in [2.05, 4.69) is 11.1 Å². The van der Waals surface area contributed by atoms with Gasteiger partial charge in [-0.05, 0) is 47.5 Å². The Morgan fingerprint density at radius 3 is 2.54 bits per heavy atom. The van der Waals surface area contributed by atoms with E-state index in [-0.39, 0.29) is 17.8 Å². The highest BCUT2D eigenvalue weighted by Crippen LogP contribution is 2.34. The minimum atomic E-state index is -0.382. The molecule has 0 amide bonds. The van der Waals surface area contributed by atoms with E-state index >= 15 is 0 Å². The number of fused-ring (bicyclic) bond motifs is 1. The van der Waals surface area contributed by atoms with Crippen LogP contribution in [0.3, 0.4) is 0 Å². The topological polar surface area (TPSA) is 72.2 Å². The van der Waals surface area contributed by atoms with Crippen LogP contribution in [0.2, 0.25) is 0 Å². The molecular weight excluding hydrogens is 352 g/mol. The Bertz CT molecular complexity index is 1040. The van der Waals surface area contributed by atoms with Crippen LogP contribution >= 0.6 is 0 Å². The van der Waals surface area contributed by atoms with Crippen LogP contribution < -0.4 is 9.47 Å². The standard InChI is InChI=1S/C23H18N2O3/c1-15-14-27-21-12-19(6-7-20(21)22(15)26)28-23(18-8-10-25-11-9-18)17-4-2-16(13-24)3-5-17/h2-12,15,23H,14H2,1H3/t15?,23-/m0/s1. The van der Waals surface area contributed by atoms with Crippen molar-refractivity contribution in [2.45, 2.75) is 13.0 Å². The fourth-order valence-electron chi connectivity index (χ4n) is 3.19. The van der Waals surface area contributed by atoms with Gasteiger partial charge in [0.25, 0.3) is 0 Å². The lowest BCUT2D eigenvalue weighted by atomic mass is 9.96. The van der Waals surface area contributed by atoms with E-state index in [4.69, 9.17) is 14.7 Å². The Kier molecular flexibility index (Phi) is 4.77. The molecule has 0 spiro atoms. The number of nitrogens with zero attached hydrogens (tertiary/aromatic N) is 2. The van der Waals surface area contributed by atoms with Crippen molar-refractivity contribution in [2.24, 2.45) is 5.92 Å². The van der Waals surface area contributed by atoms with Gasteiger partial charge in [-0.3, -0.25) is 9.78 Å². The van der Waals surface area contributed by atoms with E-state index in [1.807, 2.05) is 31.2 Å². The summed E-state index contributed by atoms with van der Waals surface area (Å²) in [6.45, 7) is 2.23. The van der Waals surface area contributed by atoms with Gasteiger partial charge in [-0.15, -0.1) is 0 Å². The van der Waals surface area contributed by atoms with Gasteiger partial charge in [-0.25, -0.2) is 0 Å². The number of nitriles is 1. The minimum absolute atomic E-state index is 0.0885. The maximum Gasteiger partial charge on any atom is 0.172 e. The molecule has 5 heteroatoms. The number of carbonyl (C=O) groups excluding carboxylic acids is 1. The minimum Gasteiger partial charge on any atom is -0.492 e. The summed E-state index contributed by atoms with van der Waals surface area (Å²) in [5.74, 6) is 1.11. The molecule has 0 saturated heterocycles. The van der Waals surface area contributed by atoms with Gasteiger partial charge < -0.3 is 9.47 Å². The molecule has 0 bridgehead atoms. The average molecular weight is 370 g/mol. The molecule has 4 rings (SSSR count). The molecule has 5 nitrogen and oxygen atoms in total. The summed E-state index contributed by atoms with van der Waals surface area (Å²) < 4.78 is 12.0. The van der Waals surface area contributed by atoms with Crippen LogP contribution in [0.15, 0.2) is 67.0 Å². The Hall–Kier alpha value is -3.65. The van der Waals surface area contributed by atoms with E-state index < -0.39 is 0 Å². The fourth-order valence-corrected chi connectivity index (χ4v) is 3.19. The average Bonchev–Trinajstić information content (AvgIpc) is 2.75. The summed E-state index contributed by atoms with van der Waals surface area (Å²) in [4.78, 5) is 16.4. The van der Waals surface area contributed by atoms with Crippen molar-refractivity contribution >= 4 is 5.78 Å². The monoisotopic (exact) mass is 370 g/mol. The van der Waals surface area contributed by atoms with Gasteiger partial charge >= 0.3 is 0 Å². The summed E-state index contributed by atoms with van der Waals surface area (Å²) in [5.41, 5.74) is 3.02. The van der Waals surface area contributed by atoms with Crippen LogP contribution in [0.5, 0.6) is 11.5 Å². The van der Waals surface area contributed by atoms with Crippen molar-refractivity contribution in [3.05, 3.63) is 89.2 Å². The zero-order valence-corrected chi connectivity index (χ0v) is 15.3. The molecule has 0 saturated carbocycles. The zero-order chi connectivity index (χ0) is 19.5. The van der Waals surface area contributed by atoms with E-state index in [9.17, 15) is 4.79 Å². The molecule has 138 valence electrons. The van der Waals surface area contributed by atoms with E-state index in [0.717, 1.165) is 11.1 Å². The summed E-state index contributed by atoms with van der Waals surface area (Å²) in [7, 11) is 0. The highest BCUT2D eigenvalue weighted by molar-refractivity contribution is 6.01. The predicted octanol–water partition coefficient (Wildman–Crippen LogP) is 4.33. The molecule has 0 N–H and O–H groups in total. The quantitative estimate of drug-likeness (QED) is 0.683. The summed E-state index contributed by atoms with van der Waals surface area (Å²) in [5, 5.41) is 9.04. The Morgan fingerprint density at radius 2 is 1.82 bits per heavy atom. The van der Waals surface area contributed by atoms with Crippen LogP contribution in [0.1, 0.15) is 40.1 Å². The molecule has 2 heterocycles. The highest BCUT2D eigenvalue weighted by atomic mass is 16.5. The number of ketones is 1. The first-order valence-corrected chi connectivity index (χ1v) is 9.03. The molecule has 1 aliphatic heterocycles. The summed E-state index contributed by atoms with van der Waals surface area (Å²) in [6, 6.07) is 18.5. The van der Waals surface area contributed by atoms with E-state index in [0.29, 0.717) is 29.2 Å². The lowest BCUT2D eigenvalue weighted by molar-refractivity contribution is 0.0848. The van der Waals surface area contributed by atoms with E-state index in [1.54, 1.807) is 42.7 Å². The maximum absolute atomic E-state index is 12.3. The third kappa shape index (κ3) is 3.45. The smallest absolute Gasteiger partial charge is 0.172 e. The van der Waals surface area contributed by atoms with Crippen molar-refractivity contribution < 1.29 is 14.3 Å². The van der Waals surface area contributed by atoms with Gasteiger partial charge in [0.15, 0.2) is 5.78 Å². The Morgan fingerprint density at radius 1 is 1.11 bits per heavy atom. The highest BCUT2D eigenvalue weighted by Gasteiger charge is 2.26. The second-order valence-corrected chi connectivity index (χ2v) is 6.75. The number of hydrogen-bond acceptors (Lipinski definition) is 5. The molecule has 0 radical (unpaired) electrons. The van der Waals surface area contributed by atoms with Gasteiger partial charge in [0.2, 0.25) is 0 Å². The third-order valence-electron chi connectivity index (χ3n) is 4.76. The van der Waals surface area contributed by atoms with Crippen molar-refractivity contribution in [1.82, 2.24) is 4.98 Å². The number of rotatable bonds is 4. The van der Waals surface area contributed by atoms with Gasteiger partial charge in [-0.2, -0.15) is 5.26 Å². The Balaban J connectivity index is 1.68. The predicted molar refractivity (Wildman–Crippen MR) is 103 cm³/mol. The number of ether oxygens (including phenoxy) is 2. The number of benzene rings is 2. The fraction of sp³-hybridized carbons (Fsp3) is 0.174. The lowest BCUT2D eigenvalue weighted by Crippen LogP contribution is -2.25. The molecule has 3 aromatic rings. The van der Waals surface area contributed by atoms with Gasteiger partial charge in [0.05, 0.1) is 29.7 Å². The van der Waals surface area contributed by atoms with Crippen molar-refractivity contribution in [2.75, 3.05) is 6.61 Å². The van der Waals surface area contributed by atoms with Crippen molar-refractivity contribution in [3.63, 3.8) is 0 Å². The van der Waals surface area contributed by atoms with Crippen molar-refractivity contribution in [1.29, 1.82) is 5.26 Å². The van der Waals surface area contributed by atoms with Crippen molar-refractivity contribution in [3.8, 4) is 17.6 Å². The molecule has 0 fully saturated rings. The Labute approximate surface area is 163 Å². The second-order valence-electron chi connectivity index (χ2n) is 6.75. The van der Waals surface area contributed by atoms with Crippen LogP contribution in [-0.2, 0) is 0 Å². The largest absolute Gasteiger partial charge is 0.492 e. The molecule has 0 aliphatic carbocycles. The third-order valence-corrected chi connectivity index (χ3v) is 4.76. The lowest BCUT2D eigenvalue weighted by Gasteiger charge is -2.24. The summed E-state index contributed by atoms with van der Waals surface area (Å²) in [6.07, 6.45) is 3.04. The number of pyridine rings is 1. The number of aromatic nitrogens is 1. The van der Waals surface area contributed by atoms with Crippen LogP contribution in [-0.4, -0.2) is 17.4 Å². The maximum atomic E-state index is 12.3. The van der Waals surface area contributed by atoms with Crippen LogP contribution in [0.25, 0.3) is 0 Å². The SMILES string of the molecule is CC1COc2cc(O[C@H](c3ccncc3)c3ccc(C#N)cc3)ccc2C1=O. The molecule has 2 atom stereocenters. The van der Waals surface area contributed by atoms with Crippen LogP contribution in [0.4, 0.5) is 0 Å². The molecule has 28 heavy (non-hydrogen) atoms. The molecule has 1 aliphatic rings. The van der Waals surface area contributed by atoms with Gasteiger partial charge in [0.1, 0.15) is 17.6 Å².